The number of hydrogen-bond donors (Lipinski definition) is 1. The number of halogens is 2. The van der Waals surface area contributed by atoms with Crippen LogP contribution >= 0.6 is 11.6 Å². The summed E-state index contributed by atoms with van der Waals surface area (Å²) in [5.74, 6) is -0.0236. The molecule has 2 aromatic rings. The average Bonchev–Trinajstić information content (AvgIpc) is 2.47. The molecular formula is C16H14ClFN2O. The molecule has 0 bridgehead atoms. The molecule has 0 aliphatic carbocycles. The molecule has 2 rings (SSSR count). The van der Waals surface area contributed by atoms with E-state index in [0.717, 1.165) is 5.56 Å². The third-order valence-electron chi connectivity index (χ3n) is 3.03. The van der Waals surface area contributed by atoms with Gasteiger partial charge in [0.15, 0.2) is 0 Å². The zero-order chi connectivity index (χ0) is 15.4. The molecule has 0 spiro atoms. The van der Waals surface area contributed by atoms with Crippen LogP contribution in [-0.2, 0) is 6.61 Å². The van der Waals surface area contributed by atoms with Crippen LogP contribution < -0.4 is 10.5 Å². The van der Waals surface area contributed by atoms with Gasteiger partial charge in [-0.3, -0.25) is 0 Å². The number of rotatable bonds is 4. The van der Waals surface area contributed by atoms with Crippen LogP contribution in [0, 0.1) is 17.1 Å². The van der Waals surface area contributed by atoms with E-state index in [4.69, 9.17) is 27.3 Å². The third kappa shape index (κ3) is 3.72. The number of hydrogen-bond acceptors (Lipinski definition) is 3. The molecule has 0 aromatic heterocycles. The molecule has 3 nitrogen and oxygen atoms in total. The van der Waals surface area contributed by atoms with Crippen molar-refractivity contribution < 1.29 is 9.13 Å². The number of nitriles is 1. The summed E-state index contributed by atoms with van der Waals surface area (Å²) in [7, 11) is 0. The molecular weight excluding hydrogens is 291 g/mol. The Balaban J connectivity index is 2.12. The molecule has 0 amide bonds. The summed E-state index contributed by atoms with van der Waals surface area (Å²) >= 11 is 6.13. The highest BCUT2D eigenvalue weighted by Crippen LogP contribution is 2.28. The van der Waals surface area contributed by atoms with E-state index >= 15 is 0 Å². The van der Waals surface area contributed by atoms with Gasteiger partial charge >= 0.3 is 0 Å². The lowest BCUT2D eigenvalue weighted by molar-refractivity contribution is 0.306. The lowest BCUT2D eigenvalue weighted by Crippen LogP contribution is -2.05. The first-order valence-electron chi connectivity index (χ1n) is 6.37. The van der Waals surface area contributed by atoms with Gasteiger partial charge in [0.25, 0.3) is 0 Å². The van der Waals surface area contributed by atoms with Crippen LogP contribution in [0.4, 0.5) is 4.39 Å². The van der Waals surface area contributed by atoms with Gasteiger partial charge in [0.2, 0.25) is 0 Å². The molecule has 5 heteroatoms. The molecule has 0 aliphatic heterocycles. The van der Waals surface area contributed by atoms with E-state index in [1.807, 2.05) is 13.0 Å². The lowest BCUT2D eigenvalue weighted by atomic mass is 10.1. The maximum absolute atomic E-state index is 13.2. The number of nitrogens with two attached hydrogens (primary N) is 1. The van der Waals surface area contributed by atoms with Crippen LogP contribution in [0.15, 0.2) is 36.4 Å². The number of nitrogens with zero attached hydrogens (tertiary/aromatic N) is 1. The Morgan fingerprint density at radius 1 is 1.33 bits per heavy atom. The minimum Gasteiger partial charge on any atom is -0.487 e. The van der Waals surface area contributed by atoms with Gasteiger partial charge in [-0.15, -0.1) is 0 Å². The van der Waals surface area contributed by atoms with Crippen molar-refractivity contribution in [2.75, 3.05) is 0 Å². The zero-order valence-corrected chi connectivity index (χ0v) is 12.2. The molecule has 0 saturated carbocycles. The van der Waals surface area contributed by atoms with Crippen LogP contribution in [-0.4, -0.2) is 0 Å². The summed E-state index contributed by atoms with van der Waals surface area (Å²) in [6.07, 6.45) is 0. The molecule has 1 atom stereocenters. The van der Waals surface area contributed by atoms with Gasteiger partial charge < -0.3 is 10.5 Å². The van der Waals surface area contributed by atoms with Crippen molar-refractivity contribution >= 4 is 11.6 Å². The predicted octanol–water partition coefficient (Wildman–Crippen LogP) is 3.95. The molecule has 0 radical (unpaired) electrons. The van der Waals surface area contributed by atoms with Crippen LogP contribution in [0.3, 0.4) is 0 Å². The van der Waals surface area contributed by atoms with Gasteiger partial charge in [0, 0.05) is 6.04 Å². The summed E-state index contributed by atoms with van der Waals surface area (Å²) in [4.78, 5) is 0. The number of ether oxygens (including phenoxy) is 1. The monoisotopic (exact) mass is 304 g/mol. The van der Waals surface area contributed by atoms with Gasteiger partial charge in [-0.05, 0) is 42.3 Å². The molecule has 0 unspecified atom stereocenters. The SMILES string of the molecule is C[C@H](N)c1ccc(OCc2ccc(F)c(C#N)c2)c(Cl)c1. The van der Waals surface area contributed by atoms with Gasteiger partial charge in [-0.25, -0.2) is 4.39 Å². The third-order valence-corrected chi connectivity index (χ3v) is 3.32. The largest absolute Gasteiger partial charge is 0.487 e. The topological polar surface area (TPSA) is 59.0 Å². The number of benzene rings is 2. The maximum atomic E-state index is 13.2. The predicted molar refractivity (Wildman–Crippen MR) is 79.5 cm³/mol. The Hall–Kier alpha value is -2.09. The van der Waals surface area contributed by atoms with Crippen molar-refractivity contribution in [2.24, 2.45) is 5.73 Å². The quantitative estimate of drug-likeness (QED) is 0.930. The second-order valence-corrected chi connectivity index (χ2v) is 5.10. The Labute approximate surface area is 127 Å². The van der Waals surface area contributed by atoms with Gasteiger partial charge in [0.05, 0.1) is 10.6 Å². The molecule has 0 saturated heterocycles. The molecule has 2 aromatic carbocycles. The first-order chi connectivity index (χ1) is 10.0. The molecule has 0 heterocycles. The highest BCUT2D eigenvalue weighted by Gasteiger charge is 2.07. The van der Waals surface area contributed by atoms with Crippen LogP contribution in [0.5, 0.6) is 5.75 Å². The standard InChI is InChI=1S/C16H14ClFN2O/c1-10(20)12-3-5-16(14(17)7-12)21-9-11-2-4-15(18)13(6-11)8-19/h2-7,10H,9,20H2,1H3/t10-/m0/s1. The van der Waals surface area contributed by atoms with E-state index in [1.165, 1.54) is 12.1 Å². The van der Waals surface area contributed by atoms with Gasteiger partial charge in [0.1, 0.15) is 24.2 Å². The van der Waals surface area contributed by atoms with E-state index in [0.29, 0.717) is 16.3 Å². The second kappa shape index (κ2) is 6.57. The minimum atomic E-state index is -0.541. The molecule has 0 aliphatic rings. The van der Waals surface area contributed by atoms with E-state index in [9.17, 15) is 4.39 Å². The Morgan fingerprint density at radius 3 is 2.71 bits per heavy atom. The molecule has 108 valence electrons. The summed E-state index contributed by atoms with van der Waals surface area (Å²) < 4.78 is 18.8. The summed E-state index contributed by atoms with van der Waals surface area (Å²) in [6, 6.07) is 11.3. The van der Waals surface area contributed by atoms with Crippen molar-refractivity contribution in [1.82, 2.24) is 0 Å². The fourth-order valence-corrected chi connectivity index (χ4v) is 2.07. The fraction of sp³-hybridized carbons (Fsp3) is 0.188. The van der Waals surface area contributed by atoms with Gasteiger partial charge in [-0.2, -0.15) is 5.26 Å². The maximum Gasteiger partial charge on any atom is 0.140 e. The second-order valence-electron chi connectivity index (χ2n) is 4.69. The van der Waals surface area contributed by atoms with Gasteiger partial charge in [-0.1, -0.05) is 23.7 Å². The van der Waals surface area contributed by atoms with Crippen LogP contribution in [0.25, 0.3) is 0 Å². The van der Waals surface area contributed by atoms with Crippen molar-refractivity contribution in [1.29, 1.82) is 5.26 Å². The molecule has 0 fully saturated rings. The van der Waals surface area contributed by atoms with Crippen molar-refractivity contribution in [2.45, 2.75) is 19.6 Å². The fourth-order valence-electron chi connectivity index (χ4n) is 1.83. The van der Waals surface area contributed by atoms with Crippen molar-refractivity contribution in [3.63, 3.8) is 0 Å². The van der Waals surface area contributed by atoms with Crippen LogP contribution in [0.1, 0.15) is 29.7 Å². The lowest BCUT2D eigenvalue weighted by Gasteiger charge is -2.11. The van der Waals surface area contributed by atoms with E-state index < -0.39 is 5.82 Å². The normalized spacial score (nSPS) is 11.8. The van der Waals surface area contributed by atoms with E-state index in [-0.39, 0.29) is 18.2 Å². The first kappa shape index (κ1) is 15.3. The zero-order valence-electron chi connectivity index (χ0n) is 11.4. The Morgan fingerprint density at radius 2 is 2.10 bits per heavy atom. The first-order valence-corrected chi connectivity index (χ1v) is 6.75. The van der Waals surface area contributed by atoms with Crippen molar-refractivity contribution in [3.05, 3.63) is 63.9 Å². The summed E-state index contributed by atoms with van der Waals surface area (Å²) in [5, 5.41) is 9.26. The average molecular weight is 305 g/mol. The minimum absolute atomic E-state index is 0.00509. The highest BCUT2D eigenvalue weighted by molar-refractivity contribution is 6.32. The Kier molecular flexibility index (Phi) is 4.79. The van der Waals surface area contributed by atoms with Crippen molar-refractivity contribution in [3.8, 4) is 11.8 Å². The highest BCUT2D eigenvalue weighted by atomic mass is 35.5. The Bertz CT molecular complexity index is 695. The smallest absolute Gasteiger partial charge is 0.140 e. The summed E-state index contributed by atoms with van der Waals surface area (Å²) in [6.45, 7) is 2.07. The molecule has 21 heavy (non-hydrogen) atoms. The summed E-state index contributed by atoms with van der Waals surface area (Å²) in [5.41, 5.74) is 7.39. The van der Waals surface area contributed by atoms with E-state index in [2.05, 4.69) is 0 Å². The van der Waals surface area contributed by atoms with E-state index in [1.54, 1.807) is 24.3 Å². The van der Waals surface area contributed by atoms with Crippen LogP contribution in [0.2, 0.25) is 5.02 Å². The molecule has 2 N–H and O–H groups in total.